The third-order valence-corrected chi connectivity index (χ3v) is 4.19. The van der Waals surface area contributed by atoms with E-state index >= 15 is 0 Å². The molecule has 1 saturated carbocycles. The molecule has 0 heterocycles. The van der Waals surface area contributed by atoms with Crippen LogP contribution in [0.4, 0.5) is 5.69 Å². The first-order chi connectivity index (χ1) is 9.47. The molecule has 0 spiro atoms. The largest absolute Gasteiger partial charge is 0.478 e. The van der Waals surface area contributed by atoms with Gasteiger partial charge in [-0.2, -0.15) is 0 Å². The maximum atomic E-state index is 12.2. The average molecular weight is 296 g/mol. The molecule has 0 aromatic heterocycles. The number of aromatic carboxylic acids is 1. The van der Waals surface area contributed by atoms with Crippen molar-refractivity contribution in [3.63, 3.8) is 0 Å². The van der Waals surface area contributed by atoms with Crippen molar-refractivity contribution in [1.29, 1.82) is 0 Å². The van der Waals surface area contributed by atoms with Gasteiger partial charge in [-0.25, -0.2) is 4.79 Å². The Morgan fingerprint density at radius 3 is 2.50 bits per heavy atom. The first kappa shape index (κ1) is 14.9. The van der Waals surface area contributed by atoms with Crippen molar-refractivity contribution < 1.29 is 14.7 Å². The molecular formula is C15H18ClNO3. The lowest BCUT2D eigenvalue weighted by molar-refractivity contribution is -0.121. The summed E-state index contributed by atoms with van der Waals surface area (Å²) in [7, 11) is 0. The highest BCUT2D eigenvalue weighted by Gasteiger charge is 2.24. The number of benzene rings is 1. The Kier molecular flexibility index (Phi) is 4.65. The van der Waals surface area contributed by atoms with Gasteiger partial charge < -0.3 is 10.4 Å². The summed E-state index contributed by atoms with van der Waals surface area (Å²) in [5, 5.41) is 12.1. The van der Waals surface area contributed by atoms with Crippen molar-refractivity contribution in [3.05, 3.63) is 28.8 Å². The topological polar surface area (TPSA) is 66.4 Å². The van der Waals surface area contributed by atoms with Crippen LogP contribution in [0.5, 0.6) is 0 Å². The van der Waals surface area contributed by atoms with Gasteiger partial charge in [-0.05, 0) is 49.8 Å². The monoisotopic (exact) mass is 295 g/mol. The number of anilines is 1. The first-order valence-corrected chi connectivity index (χ1v) is 7.19. The van der Waals surface area contributed by atoms with Crippen LogP contribution in [0, 0.1) is 11.8 Å². The summed E-state index contributed by atoms with van der Waals surface area (Å²) in [5.41, 5.74) is 0.483. The SMILES string of the molecule is CC1CCC(C(=O)Nc2cc(C(=O)O)ccc2Cl)CC1. The molecule has 108 valence electrons. The van der Waals surface area contributed by atoms with Crippen LogP contribution in [-0.2, 0) is 4.79 Å². The number of hydrogen-bond donors (Lipinski definition) is 2. The molecule has 20 heavy (non-hydrogen) atoms. The van der Waals surface area contributed by atoms with E-state index in [1.165, 1.54) is 18.2 Å². The van der Waals surface area contributed by atoms with Crippen LogP contribution in [0.25, 0.3) is 0 Å². The summed E-state index contributed by atoms with van der Waals surface area (Å²) in [6.45, 7) is 2.20. The molecule has 2 rings (SSSR count). The second kappa shape index (κ2) is 6.27. The van der Waals surface area contributed by atoms with E-state index in [1.54, 1.807) is 0 Å². The highest BCUT2D eigenvalue weighted by molar-refractivity contribution is 6.33. The Morgan fingerprint density at radius 2 is 1.90 bits per heavy atom. The van der Waals surface area contributed by atoms with Crippen LogP contribution in [0.2, 0.25) is 5.02 Å². The molecule has 0 radical (unpaired) electrons. The number of hydrogen-bond acceptors (Lipinski definition) is 2. The number of amides is 1. The molecule has 0 aliphatic heterocycles. The molecule has 1 aliphatic carbocycles. The third kappa shape index (κ3) is 3.51. The van der Waals surface area contributed by atoms with E-state index in [0.717, 1.165) is 25.7 Å². The third-order valence-electron chi connectivity index (χ3n) is 3.86. The van der Waals surface area contributed by atoms with Crippen LogP contribution in [0.15, 0.2) is 18.2 Å². The fraction of sp³-hybridized carbons (Fsp3) is 0.467. The standard InChI is InChI=1S/C15H18ClNO3/c1-9-2-4-10(5-3-9)14(18)17-13-8-11(15(19)20)6-7-12(13)16/h6-10H,2-5H2,1H3,(H,17,18)(H,19,20). The van der Waals surface area contributed by atoms with Gasteiger partial charge in [-0.15, -0.1) is 0 Å². The van der Waals surface area contributed by atoms with E-state index in [2.05, 4.69) is 12.2 Å². The quantitative estimate of drug-likeness (QED) is 0.891. The zero-order chi connectivity index (χ0) is 14.7. The van der Waals surface area contributed by atoms with Crippen molar-refractivity contribution in [1.82, 2.24) is 0 Å². The zero-order valence-electron chi connectivity index (χ0n) is 11.4. The van der Waals surface area contributed by atoms with E-state index in [9.17, 15) is 9.59 Å². The second-order valence-corrected chi connectivity index (χ2v) is 5.85. The Morgan fingerprint density at radius 1 is 1.25 bits per heavy atom. The number of carboxylic acids is 1. The van der Waals surface area contributed by atoms with E-state index in [1.807, 2.05) is 0 Å². The van der Waals surface area contributed by atoms with Crippen LogP contribution in [0.1, 0.15) is 43.0 Å². The van der Waals surface area contributed by atoms with Crippen molar-refractivity contribution in [2.45, 2.75) is 32.6 Å². The van der Waals surface area contributed by atoms with Crippen molar-refractivity contribution in [2.24, 2.45) is 11.8 Å². The van der Waals surface area contributed by atoms with Gasteiger partial charge in [0.15, 0.2) is 0 Å². The lowest BCUT2D eigenvalue weighted by Crippen LogP contribution is -2.26. The maximum absolute atomic E-state index is 12.2. The second-order valence-electron chi connectivity index (χ2n) is 5.45. The number of nitrogens with one attached hydrogen (secondary N) is 1. The number of carboxylic acid groups (broad SMARTS) is 1. The van der Waals surface area contributed by atoms with Gasteiger partial charge in [0.2, 0.25) is 5.91 Å². The molecule has 4 nitrogen and oxygen atoms in total. The Labute approximate surface area is 123 Å². The normalized spacial score (nSPS) is 22.3. The van der Waals surface area contributed by atoms with Crippen LogP contribution in [-0.4, -0.2) is 17.0 Å². The summed E-state index contributed by atoms with van der Waals surface area (Å²) in [4.78, 5) is 23.1. The lowest BCUT2D eigenvalue weighted by Gasteiger charge is -2.25. The molecule has 5 heteroatoms. The van der Waals surface area contributed by atoms with Crippen LogP contribution < -0.4 is 5.32 Å². The van der Waals surface area contributed by atoms with Crippen molar-refractivity contribution in [3.8, 4) is 0 Å². The highest BCUT2D eigenvalue weighted by Crippen LogP contribution is 2.30. The highest BCUT2D eigenvalue weighted by atomic mass is 35.5. The Balaban J connectivity index is 2.07. The molecule has 2 N–H and O–H groups in total. The predicted octanol–water partition coefficient (Wildman–Crippen LogP) is 3.80. The fourth-order valence-electron chi connectivity index (χ4n) is 2.51. The molecule has 0 atom stereocenters. The summed E-state index contributed by atoms with van der Waals surface area (Å²) >= 11 is 6.00. The van der Waals surface area contributed by atoms with Gasteiger partial charge in [0.05, 0.1) is 16.3 Å². The van der Waals surface area contributed by atoms with Crippen LogP contribution in [0.3, 0.4) is 0 Å². The van der Waals surface area contributed by atoms with Crippen molar-refractivity contribution >= 4 is 29.2 Å². The first-order valence-electron chi connectivity index (χ1n) is 6.81. The molecule has 1 amide bonds. The van der Waals surface area contributed by atoms with Gasteiger partial charge in [0.1, 0.15) is 0 Å². The number of halogens is 1. The van der Waals surface area contributed by atoms with E-state index in [4.69, 9.17) is 16.7 Å². The zero-order valence-corrected chi connectivity index (χ0v) is 12.1. The molecule has 0 bridgehead atoms. The minimum Gasteiger partial charge on any atom is -0.478 e. The smallest absolute Gasteiger partial charge is 0.335 e. The summed E-state index contributed by atoms with van der Waals surface area (Å²) in [6, 6.07) is 4.31. The summed E-state index contributed by atoms with van der Waals surface area (Å²) in [5.74, 6) is -0.432. The molecule has 1 aromatic carbocycles. The fourth-order valence-corrected chi connectivity index (χ4v) is 2.68. The van der Waals surface area contributed by atoms with E-state index in [-0.39, 0.29) is 17.4 Å². The minimum atomic E-state index is -1.04. The van der Waals surface area contributed by atoms with Gasteiger partial charge in [-0.3, -0.25) is 4.79 Å². The van der Waals surface area contributed by atoms with Gasteiger partial charge >= 0.3 is 5.97 Å². The molecule has 0 unspecified atom stereocenters. The maximum Gasteiger partial charge on any atom is 0.335 e. The van der Waals surface area contributed by atoms with E-state index < -0.39 is 5.97 Å². The van der Waals surface area contributed by atoms with Crippen LogP contribution >= 0.6 is 11.6 Å². The van der Waals surface area contributed by atoms with Crippen molar-refractivity contribution in [2.75, 3.05) is 5.32 Å². The number of carbonyl (C=O) groups excluding carboxylic acids is 1. The Bertz CT molecular complexity index is 522. The van der Waals surface area contributed by atoms with Gasteiger partial charge in [0.25, 0.3) is 0 Å². The summed E-state index contributed by atoms with van der Waals surface area (Å²) in [6.07, 6.45) is 3.87. The molecule has 1 fully saturated rings. The number of carbonyl (C=O) groups is 2. The molecule has 1 aliphatic rings. The average Bonchev–Trinajstić information content (AvgIpc) is 2.41. The van der Waals surface area contributed by atoms with Gasteiger partial charge in [-0.1, -0.05) is 18.5 Å². The lowest BCUT2D eigenvalue weighted by atomic mass is 9.82. The summed E-state index contributed by atoms with van der Waals surface area (Å²) < 4.78 is 0. The molecule has 0 saturated heterocycles. The van der Waals surface area contributed by atoms with Gasteiger partial charge in [0, 0.05) is 5.92 Å². The number of rotatable bonds is 3. The Hall–Kier alpha value is -1.55. The molecular weight excluding hydrogens is 278 g/mol. The molecule has 1 aromatic rings. The predicted molar refractivity (Wildman–Crippen MR) is 78.2 cm³/mol. The minimum absolute atomic E-state index is 0.00393. The van der Waals surface area contributed by atoms with E-state index in [0.29, 0.717) is 16.6 Å².